The van der Waals surface area contributed by atoms with Crippen LogP contribution in [0.25, 0.3) is 0 Å². The van der Waals surface area contributed by atoms with E-state index in [9.17, 15) is 18.0 Å². The summed E-state index contributed by atoms with van der Waals surface area (Å²) in [5, 5.41) is 2.63. The molecule has 1 atom stereocenters. The van der Waals surface area contributed by atoms with Crippen molar-refractivity contribution < 1.29 is 22.7 Å². The van der Waals surface area contributed by atoms with Crippen molar-refractivity contribution in [2.45, 2.75) is 37.8 Å². The minimum Gasteiger partial charge on any atom is -0.449 e. The average Bonchev–Trinajstić information content (AvgIpc) is 2.36. The van der Waals surface area contributed by atoms with Gasteiger partial charge in [-0.05, 0) is 45.0 Å². The van der Waals surface area contributed by atoms with Crippen LogP contribution in [0.2, 0.25) is 0 Å². The highest BCUT2D eigenvalue weighted by atomic mass is 32.2. The first-order valence-corrected chi connectivity index (χ1v) is 8.32. The van der Waals surface area contributed by atoms with Gasteiger partial charge in [-0.15, -0.1) is 0 Å². The van der Waals surface area contributed by atoms with E-state index in [1.807, 2.05) is 0 Å². The Balaban J connectivity index is 2.74. The van der Waals surface area contributed by atoms with Crippen LogP contribution in [0.4, 0.5) is 0 Å². The number of benzene rings is 1. The lowest BCUT2D eigenvalue weighted by Gasteiger charge is -2.15. The van der Waals surface area contributed by atoms with Crippen LogP contribution < -0.4 is 5.32 Å². The summed E-state index contributed by atoms with van der Waals surface area (Å²) in [4.78, 5) is 23.6. The van der Waals surface area contributed by atoms with Crippen LogP contribution in [0.3, 0.4) is 0 Å². The first-order chi connectivity index (χ1) is 9.61. The third-order valence-corrected chi connectivity index (χ3v) is 3.73. The molecule has 1 aromatic rings. The summed E-state index contributed by atoms with van der Waals surface area (Å²) >= 11 is 0. The van der Waals surface area contributed by atoms with Crippen LogP contribution in [0.1, 0.15) is 31.1 Å². The third-order valence-electron chi connectivity index (χ3n) is 2.60. The van der Waals surface area contributed by atoms with Gasteiger partial charge >= 0.3 is 5.97 Å². The number of esters is 1. The van der Waals surface area contributed by atoms with Gasteiger partial charge in [0.25, 0.3) is 5.91 Å². The van der Waals surface area contributed by atoms with E-state index in [4.69, 9.17) is 4.74 Å². The number of ether oxygens (including phenoxy) is 1. The van der Waals surface area contributed by atoms with Crippen LogP contribution in [0, 0.1) is 0 Å². The first kappa shape index (κ1) is 17.2. The third kappa shape index (κ3) is 5.18. The van der Waals surface area contributed by atoms with Gasteiger partial charge < -0.3 is 10.1 Å². The number of rotatable bonds is 5. The zero-order chi connectivity index (χ0) is 16.2. The lowest BCUT2D eigenvalue weighted by molar-refractivity contribution is -0.129. The van der Waals surface area contributed by atoms with E-state index in [-0.39, 0.29) is 22.4 Å². The second-order valence-electron chi connectivity index (χ2n) is 5.01. The first-order valence-electron chi connectivity index (χ1n) is 6.42. The van der Waals surface area contributed by atoms with Crippen LogP contribution in [0.15, 0.2) is 29.2 Å². The maximum Gasteiger partial charge on any atom is 0.338 e. The largest absolute Gasteiger partial charge is 0.449 e. The molecule has 1 aromatic carbocycles. The molecule has 7 heteroatoms. The van der Waals surface area contributed by atoms with Crippen LogP contribution in [-0.4, -0.2) is 38.7 Å². The summed E-state index contributed by atoms with van der Waals surface area (Å²) in [5.74, 6) is -1.06. The topological polar surface area (TPSA) is 89.5 Å². The van der Waals surface area contributed by atoms with Gasteiger partial charge in [0, 0.05) is 12.3 Å². The fourth-order valence-corrected chi connectivity index (χ4v) is 2.15. The lowest BCUT2D eigenvalue weighted by atomic mass is 10.2. The molecule has 0 spiro atoms. The molecule has 0 saturated heterocycles. The summed E-state index contributed by atoms with van der Waals surface area (Å²) in [7, 11) is -3.31. The van der Waals surface area contributed by atoms with Crippen molar-refractivity contribution in [3.63, 3.8) is 0 Å². The highest BCUT2D eigenvalue weighted by molar-refractivity contribution is 7.90. The maximum absolute atomic E-state index is 11.9. The van der Waals surface area contributed by atoms with Crippen molar-refractivity contribution in [1.82, 2.24) is 5.32 Å². The number of hydrogen-bond acceptors (Lipinski definition) is 5. The standard InChI is InChI=1S/C14H19NO5S/c1-9(2)15-13(16)10(3)20-14(17)11-5-7-12(8-6-11)21(4,18)19/h5-10H,1-4H3,(H,15,16). The van der Waals surface area contributed by atoms with Gasteiger partial charge in [0.15, 0.2) is 15.9 Å². The Hall–Kier alpha value is -1.89. The zero-order valence-corrected chi connectivity index (χ0v) is 13.2. The number of nitrogens with one attached hydrogen (secondary N) is 1. The van der Waals surface area contributed by atoms with Gasteiger partial charge in [-0.3, -0.25) is 4.79 Å². The Kier molecular flexibility index (Phi) is 5.48. The quantitative estimate of drug-likeness (QED) is 0.824. The van der Waals surface area contributed by atoms with E-state index in [2.05, 4.69) is 5.32 Å². The minimum atomic E-state index is -3.31. The van der Waals surface area contributed by atoms with Gasteiger partial charge in [0.05, 0.1) is 10.5 Å². The number of sulfone groups is 1. The second-order valence-corrected chi connectivity index (χ2v) is 7.02. The SMILES string of the molecule is CC(C)NC(=O)C(C)OC(=O)c1ccc(S(C)(=O)=O)cc1. The Bertz CT molecular complexity index is 619. The van der Waals surface area contributed by atoms with Gasteiger partial charge in [-0.1, -0.05) is 0 Å². The summed E-state index contributed by atoms with van der Waals surface area (Å²) in [6.07, 6.45) is 0.160. The van der Waals surface area contributed by atoms with Crippen molar-refractivity contribution in [2.75, 3.05) is 6.26 Å². The molecule has 0 fully saturated rings. The smallest absolute Gasteiger partial charge is 0.338 e. The lowest BCUT2D eigenvalue weighted by Crippen LogP contribution is -2.39. The molecule has 0 radical (unpaired) electrons. The minimum absolute atomic E-state index is 0.0484. The predicted octanol–water partition coefficient (Wildman–Crippen LogP) is 1.16. The molecule has 0 bridgehead atoms. The van der Waals surface area contributed by atoms with Gasteiger partial charge in [-0.25, -0.2) is 13.2 Å². The van der Waals surface area contributed by atoms with E-state index in [1.165, 1.54) is 31.2 Å². The predicted molar refractivity (Wildman–Crippen MR) is 77.7 cm³/mol. The number of amides is 1. The molecule has 1 rings (SSSR count). The number of carbonyl (C=O) groups is 2. The average molecular weight is 313 g/mol. The molecule has 0 saturated carbocycles. The Morgan fingerprint density at radius 3 is 2.05 bits per heavy atom. The molecule has 21 heavy (non-hydrogen) atoms. The molecular weight excluding hydrogens is 294 g/mol. The van der Waals surface area contributed by atoms with E-state index in [0.29, 0.717) is 0 Å². The van der Waals surface area contributed by atoms with Crippen molar-refractivity contribution >= 4 is 21.7 Å². The molecule has 0 aromatic heterocycles. The normalized spacial score (nSPS) is 12.8. The maximum atomic E-state index is 11.9. The highest BCUT2D eigenvalue weighted by Gasteiger charge is 2.19. The van der Waals surface area contributed by atoms with Gasteiger partial charge in [-0.2, -0.15) is 0 Å². The molecule has 0 aliphatic heterocycles. The molecule has 0 heterocycles. The zero-order valence-electron chi connectivity index (χ0n) is 12.4. The molecular formula is C14H19NO5S. The monoisotopic (exact) mass is 313 g/mol. The Morgan fingerprint density at radius 1 is 1.10 bits per heavy atom. The Labute approximate surface area is 124 Å². The van der Waals surface area contributed by atoms with Crippen molar-refractivity contribution in [1.29, 1.82) is 0 Å². The Morgan fingerprint density at radius 2 is 1.62 bits per heavy atom. The summed E-state index contributed by atoms with van der Waals surface area (Å²) in [5.41, 5.74) is 0.187. The highest BCUT2D eigenvalue weighted by Crippen LogP contribution is 2.12. The van der Waals surface area contributed by atoms with Crippen molar-refractivity contribution in [3.8, 4) is 0 Å². The van der Waals surface area contributed by atoms with Crippen LogP contribution in [-0.2, 0) is 19.4 Å². The summed E-state index contributed by atoms with van der Waals surface area (Å²) in [6, 6.07) is 5.31. The summed E-state index contributed by atoms with van der Waals surface area (Å²) in [6.45, 7) is 5.08. The molecule has 1 amide bonds. The van der Waals surface area contributed by atoms with E-state index >= 15 is 0 Å². The molecule has 1 N–H and O–H groups in total. The van der Waals surface area contributed by atoms with Crippen molar-refractivity contribution in [3.05, 3.63) is 29.8 Å². The van der Waals surface area contributed by atoms with Crippen LogP contribution >= 0.6 is 0 Å². The fraction of sp³-hybridized carbons (Fsp3) is 0.429. The molecule has 116 valence electrons. The molecule has 1 unspecified atom stereocenters. The molecule has 0 aliphatic rings. The summed E-state index contributed by atoms with van der Waals surface area (Å²) < 4.78 is 27.7. The van der Waals surface area contributed by atoms with E-state index in [1.54, 1.807) is 13.8 Å². The van der Waals surface area contributed by atoms with E-state index < -0.39 is 21.9 Å². The van der Waals surface area contributed by atoms with Crippen LogP contribution in [0.5, 0.6) is 0 Å². The van der Waals surface area contributed by atoms with Gasteiger partial charge in [0.1, 0.15) is 0 Å². The molecule has 6 nitrogen and oxygen atoms in total. The van der Waals surface area contributed by atoms with Crippen molar-refractivity contribution in [2.24, 2.45) is 0 Å². The number of carbonyl (C=O) groups excluding carboxylic acids is 2. The number of hydrogen-bond donors (Lipinski definition) is 1. The van der Waals surface area contributed by atoms with E-state index in [0.717, 1.165) is 6.26 Å². The van der Waals surface area contributed by atoms with Gasteiger partial charge in [0.2, 0.25) is 0 Å². The fourth-order valence-electron chi connectivity index (χ4n) is 1.52. The molecule has 0 aliphatic carbocycles. The second kappa shape index (κ2) is 6.71.